The largest absolute Gasteiger partial charge is 0.463 e. The lowest BCUT2D eigenvalue weighted by atomic mass is 10.1. The first kappa shape index (κ1) is 28.3. The molecule has 6 nitrogen and oxygen atoms in total. The maximum atomic E-state index is 12.0. The molecule has 0 aliphatic heterocycles. The molecule has 2 aromatic carbocycles. The molecule has 0 saturated carbocycles. The third-order valence-corrected chi connectivity index (χ3v) is 7.22. The summed E-state index contributed by atoms with van der Waals surface area (Å²) < 4.78 is 9.80. The molecule has 0 radical (unpaired) electrons. The summed E-state index contributed by atoms with van der Waals surface area (Å²) in [7, 11) is 3.36. The molecule has 0 aliphatic carbocycles. The van der Waals surface area contributed by atoms with Gasteiger partial charge in [0.15, 0.2) is 0 Å². The van der Waals surface area contributed by atoms with Gasteiger partial charge in [-0.3, -0.25) is 4.79 Å². The van der Waals surface area contributed by atoms with Crippen LogP contribution in [0.4, 0.5) is 0 Å². The molecule has 1 N–H and O–H groups in total. The van der Waals surface area contributed by atoms with E-state index in [1.54, 1.807) is 21.6 Å². The summed E-state index contributed by atoms with van der Waals surface area (Å²) >= 11 is 0. The van der Waals surface area contributed by atoms with Crippen molar-refractivity contribution in [3.05, 3.63) is 85.0 Å². The molecular weight excluding hydrogens is 482 g/mol. The zero-order valence-electron chi connectivity index (χ0n) is 19.7. The number of nitrogens with one attached hydrogen (secondary N) is 1. The fourth-order valence-electron chi connectivity index (χ4n) is 2.96. The first-order chi connectivity index (χ1) is 17.0. The van der Waals surface area contributed by atoms with Crippen LogP contribution < -0.4 is 5.32 Å². The Labute approximate surface area is 214 Å². The van der Waals surface area contributed by atoms with Crippen molar-refractivity contribution >= 4 is 39.4 Å². The maximum Gasteiger partial charge on any atom is 0.330 e. The predicted molar refractivity (Wildman–Crippen MR) is 141 cm³/mol. The molecule has 0 unspecified atom stereocenters. The number of rotatable bonds is 16. The van der Waals surface area contributed by atoms with E-state index >= 15 is 0 Å². The highest BCUT2D eigenvalue weighted by atomic mass is 33.1. The summed E-state index contributed by atoms with van der Waals surface area (Å²) in [6.07, 6.45) is 6.48. The van der Waals surface area contributed by atoms with Gasteiger partial charge in [0.25, 0.3) is 0 Å². The average Bonchev–Trinajstić information content (AvgIpc) is 2.88. The second kappa shape index (κ2) is 16.6. The van der Waals surface area contributed by atoms with Crippen LogP contribution in [0, 0.1) is 0 Å². The topological polar surface area (TPSA) is 81.7 Å². The van der Waals surface area contributed by atoms with Crippen LogP contribution >= 0.6 is 21.6 Å². The fraction of sp³-hybridized carbons (Fsp3) is 0.296. The minimum atomic E-state index is -0.501. The summed E-state index contributed by atoms with van der Waals surface area (Å²) in [5.74, 6) is -0.985. The number of ether oxygens (including phenoxy) is 2. The zero-order valence-corrected chi connectivity index (χ0v) is 21.3. The van der Waals surface area contributed by atoms with E-state index in [4.69, 9.17) is 9.47 Å². The van der Waals surface area contributed by atoms with Crippen molar-refractivity contribution in [3.8, 4) is 0 Å². The van der Waals surface area contributed by atoms with Crippen molar-refractivity contribution in [2.45, 2.75) is 41.9 Å². The summed E-state index contributed by atoms with van der Waals surface area (Å²) in [5.41, 5.74) is 2.21. The molecule has 8 heteroatoms. The van der Waals surface area contributed by atoms with E-state index in [2.05, 4.69) is 42.7 Å². The highest BCUT2D eigenvalue weighted by molar-refractivity contribution is 8.76. The summed E-state index contributed by atoms with van der Waals surface area (Å²) in [6.45, 7) is 7.54. The molecule has 0 saturated heterocycles. The maximum absolute atomic E-state index is 12.0. The van der Waals surface area contributed by atoms with E-state index in [0.717, 1.165) is 42.2 Å². The number of benzene rings is 2. The van der Waals surface area contributed by atoms with Crippen LogP contribution in [0.1, 0.15) is 30.4 Å². The summed E-state index contributed by atoms with van der Waals surface area (Å²) in [5, 5.41) is 2.72. The van der Waals surface area contributed by atoms with Gasteiger partial charge in [-0.05, 0) is 61.1 Å². The van der Waals surface area contributed by atoms with Crippen molar-refractivity contribution in [2.24, 2.45) is 0 Å². The lowest BCUT2D eigenvalue weighted by Gasteiger charge is -2.07. The molecule has 0 fully saturated rings. The van der Waals surface area contributed by atoms with Gasteiger partial charge in [-0.25, -0.2) is 9.59 Å². The molecular formula is C27H31NO5S2. The monoisotopic (exact) mass is 513 g/mol. The molecule has 0 atom stereocenters. The smallest absolute Gasteiger partial charge is 0.330 e. The number of aryl methyl sites for hydroxylation is 1. The van der Waals surface area contributed by atoms with Gasteiger partial charge in [0, 0.05) is 21.9 Å². The van der Waals surface area contributed by atoms with E-state index in [0.29, 0.717) is 6.61 Å². The quantitative estimate of drug-likeness (QED) is 0.141. The molecule has 2 rings (SSSR count). The second-order valence-electron chi connectivity index (χ2n) is 7.54. The predicted octanol–water partition coefficient (Wildman–Crippen LogP) is 5.32. The van der Waals surface area contributed by atoms with Gasteiger partial charge >= 0.3 is 11.9 Å². The first-order valence-electron chi connectivity index (χ1n) is 11.4. The number of esters is 2. The molecule has 35 heavy (non-hydrogen) atoms. The van der Waals surface area contributed by atoms with E-state index in [-0.39, 0.29) is 31.4 Å². The van der Waals surface area contributed by atoms with E-state index in [1.807, 2.05) is 24.3 Å². The zero-order chi connectivity index (χ0) is 25.3. The van der Waals surface area contributed by atoms with Gasteiger partial charge in [-0.15, -0.1) is 0 Å². The Kier molecular flexibility index (Phi) is 13.4. The van der Waals surface area contributed by atoms with Crippen molar-refractivity contribution in [3.63, 3.8) is 0 Å². The van der Waals surface area contributed by atoms with Gasteiger partial charge in [0.05, 0.1) is 19.6 Å². The van der Waals surface area contributed by atoms with Crippen LogP contribution in [-0.4, -0.2) is 37.6 Å². The van der Waals surface area contributed by atoms with Crippen molar-refractivity contribution in [1.82, 2.24) is 5.32 Å². The van der Waals surface area contributed by atoms with Gasteiger partial charge in [0.2, 0.25) is 5.91 Å². The third kappa shape index (κ3) is 12.3. The standard InChI is InChI=1S/C27H31NO5S2/c1-3-26(30)32-18-7-5-6-8-21-9-13-23(14-10-21)34-35-24-15-11-22(12-16-24)20-25(29)28-17-19-33-27(31)4-2/h3-4,9-16H,1-2,5-8,17-20H2,(H,28,29). The van der Waals surface area contributed by atoms with E-state index < -0.39 is 5.97 Å². The highest BCUT2D eigenvalue weighted by Gasteiger charge is 2.05. The molecule has 0 spiro atoms. The average molecular weight is 514 g/mol. The van der Waals surface area contributed by atoms with Gasteiger partial charge in [-0.2, -0.15) is 0 Å². The Balaban J connectivity index is 1.64. The Morgan fingerprint density at radius 3 is 1.86 bits per heavy atom. The molecule has 0 aliphatic rings. The number of unbranched alkanes of at least 4 members (excludes halogenated alkanes) is 2. The molecule has 186 valence electrons. The number of hydrogen-bond acceptors (Lipinski definition) is 7. The second-order valence-corrected chi connectivity index (χ2v) is 9.81. The van der Waals surface area contributed by atoms with Crippen molar-refractivity contribution in [2.75, 3.05) is 19.8 Å². The Bertz CT molecular complexity index is 974. The number of carbonyl (C=O) groups excluding carboxylic acids is 3. The number of hydrogen-bond donors (Lipinski definition) is 1. The minimum Gasteiger partial charge on any atom is -0.463 e. The normalized spacial score (nSPS) is 10.3. The van der Waals surface area contributed by atoms with Crippen LogP contribution in [-0.2, 0) is 36.7 Å². The summed E-state index contributed by atoms with van der Waals surface area (Å²) in [6, 6.07) is 16.5. The molecule has 0 aromatic heterocycles. The van der Waals surface area contributed by atoms with E-state index in [9.17, 15) is 14.4 Å². The summed E-state index contributed by atoms with van der Waals surface area (Å²) in [4.78, 5) is 36.2. The van der Waals surface area contributed by atoms with Crippen LogP contribution in [0.2, 0.25) is 0 Å². The van der Waals surface area contributed by atoms with Gasteiger partial charge < -0.3 is 14.8 Å². The first-order valence-corrected chi connectivity index (χ1v) is 13.5. The molecule has 0 bridgehead atoms. The minimum absolute atomic E-state index is 0.120. The molecule has 0 heterocycles. The van der Waals surface area contributed by atoms with E-state index in [1.165, 1.54) is 16.5 Å². The molecule has 1 amide bonds. The Morgan fingerprint density at radius 1 is 0.743 bits per heavy atom. The van der Waals surface area contributed by atoms with Gasteiger partial charge in [-0.1, -0.05) is 59.0 Å². The number of amides is 1. The third-order valence-electron chi connectivity index (χ3n) is 4.80. The fourth-order valence-corrected chi connectivity index (χ4v) is 4.89. The lowest BCUT2D eigenvalue weighted by molar-refractivity contribution is -0.138. The van der Waals surface area contributed by atoms with Crippen LogP contribution in [0.3, 0.4) is 0 Å². The van der Waals surface area contributed by atoms with Crippen molar-refractivity contribution in [1.29, 1.82) is 0 Å². The van der Waals surface area contributed by atoms with Gasteiger partial charge in [0.1, 0.15) is 6.61 Å². The van der Waals surface area contributed by atoms with Crippen LogP contribution in [0.15, 0.2) is 83.6 Å². The SMILES string of the molecule is C=CC(=O)OCCCCCc1ccc(SSc2ccc(CC(=O)NCCOC(=O)C=C)cc2)cc1. The molecule has 2 aromatic rings. The highest BCUT2D eigenvalue weighted by Crippen LogP contribution is 2.37. The van der Waals surface area contributed by atoms with Crippen molar-refractivity contribution < 1.29 is 23.9 Å². The Morgan fingerprint density at radius 2 is 1.29 bits per heavy atom. The lowest BCUT2D eigenvalue weighted by Crippen LogP contribution is -2.29. The van der Waals surface area contributed by atoms with Crippen LogP contribution in [0.25, 0.3) is 0 Å². The van der Waals surface area contributed by atoms with Crippen LogP contribution in [0.5, 0.6) is 0 Å². The Hall–Kier alpha value is -2.97. The number of carbonyl (C=O) groups is 3.